The number of hydrazone groups is 1. The molecule has 194 valence electrons. The van der Waals surface area contributed by atoms with Crippen LogP contribution in [0.25, 0.3) is 0 Å². The number of esters is 1. The first-order valence-electron chi connectivity index (χ1n) is 12.2. The number of ether oxygens (including phenoxy) is 4. The Kier molecular flexibility index (Phi) is 10.5. The lowest BCUT2D eigenvalue weighted by Gasteiger charge is -2.10. The Hall–Kier alpha value is -4.33. The van der Waals surface area contributed by atoms with Gasteiger partial charge in [0.1, 0.15) is 11.5 Å². The van der Waals surface area contributed by atoms with Gasteiger partial charge in [-0.05, 0) is 85.1 Å². The zero-order valence-corrected chi connectivity index (χ0v) is 21.4. The molecule has 0 saturated heterocycles. The molecule has 37 heavy (non-hydrogen) atoms. The van der Waals surface area contributed by atoms with E-state index in [2.05, 4.69) is 17.5 Å². The van der Waals surface area contributed by atoms with Crippen molar-refractivity contribution in [2.24, 2.45) is 5.10 Å². The maximum atomic E-state index is 12.6. The standard InChI is InChI=1S/C29H32N2O6/c1-4-6-18-36-25-14-10-23(11-15-25)29(33)37-26-16-7-21(19-27(26)34-3)20-30-31-28(32)22-8-12-24(13-9-22)35-17-5-2/h7-16,19-20H,4-6,17-18H2,1-3H3,(H,31,32)/b30-20+. The van der Waals surface area contributed by atoms with Crippen LogP contribution in [0.5, 0.6) is 23.0 Å². The minimum Gasteiger partial charge on any atom is -0.494 e. The molecule has 0 radical (unpaired) electrons. The lowest BCUT2D eigenvalue weighted by molar-refractivity contribution is 0.0729. The van der Waals surface area contributed by atoms with E-state index in [9.17, 15) is 9.59 Å². The molecule has 0 saturated carbocycles. The van der Waals surface area contributed by atoms with Crippen molar-refractivity contribution >= 4 is 18.1 Å². The quantitative estimate of drug-likeness (QED) is 0.106. The number of benzene rings is 3. The van der Waals surface area contributed by atoms with E-state index < -0.39 is 5.97 Å². The minimum absolute atomic E-state index is 0.266. The lowest BCUT2D eigenvalue weighted by atomic mass is 10.2. The van der Waals surface area contributed by atoms with Crippen molar-refractivity contribution in [2.75, 3.05) is 20.3 Å². The van der Waals surface area contributed by atoms with Gasteiger partial charge in [0.05, 0.1) is 32.1 Å². The van der Waals surface area contributed by atoms with Gasteiger partial charge >= 0.3 is 5.97 Å². The normalized spacial score (nSPS) is 10.7. The molecule has 0 aliphatic rings. The second-order valence-electron chi connectivity index (χ2n) is 8.10. The third kappa shape index (κ3) is 8.38. The zero-order valence-electron chi connectivity index (χ0n) is 21.4. The van der Waals surface area contributed by atoms with Crippen LogP contribution in [0.4, 0.5) is 0 Å². The topological polar surface area (TPSA) is 95.5 Å². The number of rotatable bonds is 13. The highest BCUT2D eigenvalue weighted by Crippen LogP contribution is 2.28. The minimum atomic E-state index is -0.516. The highest BCUT2D eigenvalue weighted by Gasteiger charge is 2.13. The number of unbranched alkanes of at least 4 members (excludes halogenated alkanes) is 1. The van der Waals surface area contributed by atoms with E-state index in [-0.39, 0.29) is 11.7 Å². The molecule has 0 spiro atoms. The predicted molar refractivity (Wildman–Crippen MR) is 142 cm³/mol. The number of nitrogens with zero attached hydrogens (tertiary/aromatic N) is 1. The Labute approximate surface area is 217 Å². The molecule has 0 atom stereocenters. The van der Waals surface area contributed by atoms with Crippen LogP contribution in [0.1, 0.15) is 59.4 Å². The van der Waals surface area contributed by atoms with E-state index in [1.807, 2.05) is 6.92 Å². The summed E-state index contributed by atoms with van der Waals surface area (Å²) in [4.78, 5) is 24.9. The fourth-order valence-electron chi connectivity index (χ4n) is 3.18. The van der Waals surface area contributed by atoms with Crippen LogP contribution in [0.3, 0.4) is 0 Å². The van der Waals surface area contributed by atoms with Gasteiger partial charge in [0.2, 0.25) is 0 Å². The Morgan fingerprint density at radius 1 is 0.811 bits per heavy atom. The van der Waals surface area contributed by atoms with E-state index in [1.165, 1.54) is 13.3 Å². The second-order valence-corrected chi connectivity index (χ2v) is 8.10. The summed E-state index contributed by atoms with van der Waals surface area (Å²) in [6.45, 7) is 5.39. The van der Waals surface area contributed by atoms with Crippen LogP contribution in [0, 0.1) is 0 Å². The van der Waals surface area contributed by atoms with Crippen LogP contribution in [-0.2, 0) is 0 Å². The molecule has 0 bridgehead atoms. The van der Waals surface area contributed by atoms with Crippen molar-refractivity contribution in [3.8, 4) is 23.0 Å². The smallest absolute Gasteiger partial charge is 0.343 e. The summed E-state index contributed by atoms with van der Waals surface area (Å²) in [5, 5.41) is 4.01. The summed E-state index contributed by atoms with van der Waals surface area (Å²) in [6.07, 6.45) is 4.41. The maximum absolute atomic E-state index is 12.6. The monoisotopic (exact) mass is 504 g/mol. The molecule has 0 aliphatic heterocycles. The number of hydrogen-bond acceptors (Lipinski definition) is 7. The van der Waals surface area contributed by atoms with E-state index in [1.54, 1.807) is 66.7 Å². The summed E-state index contributed by atoms with van der Waals surface area (Å²) in [5.41, 5.74) is 3.99. The van der Waals surface area contributed by atoms with Gasteiger partial charge in [-0.2, -0.15) is 5.10 Å². The van der Waals surface area contributed by atoms with Crippen LogP contribution in [0.2, 0.25) is 0 Å². The summed E-state index contributed by atoms with van der Waals surface area (Å²) >= 11 is 0. The summed E-state index contributed by atoms with van der Waals surface area (Å²) in [6, 6.07) is 18.6. The average Bonchev–Trinajstić information content (AvgIpc) is 2.93. The Morgan fingerprint density at radius 2 is 1.46 bits per heavy atom. The molecule has 8 nitrogen and oxygen atoms in total. The first-order chi connectivity index (χ1) is 18.0. The van der Waals surface area contributed by atoms with Crippen LogP contribution >= 0.6 is 0 Å². The third-order valence-electron chi connectivity index (χ3n) is 5.22. The van der Waals surface area contributed by atoms with Crippen LogP contribution in [-0.4, -0.2) is 38.4 Å². The van der Waals surface area contributed by atoms with Crippen LogP contribution in [0.15, 0.2) is 71.8 Å². The summed E-state index contributed by atoms with van der Waals surface area (Å²) in [7, 11) is 1.48. The van der Waals surface area contributed by atoms with Crippen molar-refractivity contribution in [1.82, 2.24) is 5.43 Å². The average molecular weight is 505 g/mol. The van der Waals surface area contributed by atoms with Gasteiger partial charge in [0, 0.05) is 5.56 Å². The fourth-order valence-corrected chi connectivity index (χ4v) is 3.18. The van der Waals surface area contributed by atoms with Crippen molar-refractivity contribution in [3.63, 3.8) is 0 Å². The molecule has 8 heteroatoms. The molecule has 0 aliphatic carbocycles. The highest BCUT2D eigenvalue weighted by atomic mass is 16.6. The molecule has 3 aromatic carbocycles. The Bertz CT molecular complexity index is 1190. The SMILES string of the molecule is CCCCOc1ccc(C(=O)Oc2ccc(/C=N/NC(=O)c3ccc(OCCC)cc3)cc2OC)cc1. The Morgan fingerprint density at radius 3 is 2.08 bits per heavy atom. The first-order valence-corrected chi connectivity index (χ1v) is 12.2. The van der Waals surface area contributed by atoms with Gasteiger partial charge in [0.15, 0.2) is 11.5 Å². The molecule has 0 fully saturated rings. The number of carbonyl (C=O) groups is 2. The first kappa shape index (κ1) is 27.3. The van der Waals surface area contributed by atoms with Gasteiger partial charge < -0.3 is 18.9 Å². The van der Waals surface area contributed by atoms with Crippen molar-refractivity contribution in [1.29, 1.82) is 0 Å². The highest BCUT2D eigenvalue weighted by molar-refractivity contribution is 5.95. The zero-order chi connectivity index (χ0) is 26.5. The van der Waals surface area contributed by atoms with Crippen molar-refractivity contribution in [2.45, 2.75) is 33.1 Å². The van der Waals surface area contributed by atoms with E-state index >= 15 is 0 Å². The van der Waals surface area contributed by atoms with E-state index in [0.717, 1.165) is 19.3 Å². The lowest BCUT2D eigenvalue weighted by Crippen LogP contribution is -2.17. The number of carbonyl (C=O) groups excluding carboxylic acids is 2. The second kappa shape index (κ2) is 14.3. The number of amides is 1. The van der Waals surface area contributed by atoms with Crippen LogP contribution < -0.4 is 24.4 Å². The van der Waals surface area contributed by atoms with Crippen molar-refractivity contribution in [3.05, 3.63) is 83.4 Å². The molecular weight excluding hydrogens is 472 g/mol. The summed E-state index contributed by atoms with van der Waals surface area (Å²) < 4.78 is 22.0. The largest absolute Gasteiger partial charge is 0.494 e. The molecule has 3 aromatic rings. The maximum Gasteiger partial charge on any atom is 0.343 e. The van der Waals surface area contributed by atoms with E-state index in [0.29, 0.717) is 47.2 Å². The number of methoxy groups -OCH3 is 1. The third-order valence-corrected chi connectivity index (χ3v) is 5.22. The molecule has 1 amide bonds. The summed E-state index contributed by atoms with van der Waals surface area (Å²) in [5.74, 6) is 1.17. The molecule has 0 aromatic heterocycles. The van der Waals surface area contributed by atoms with Crippen molar-refractivity contribution < 1.29 is 28.5 Å². The van der Waals surface area contributed by atoms with Gasteiger partial charge in [0.25, 0.3) is 5.91 Å². The molecular formula is C29H32N2O6. The molecule has 3 rings (SSSR count). The van der Waals surface area contributed by atoms with E-state index in [4.69, 9.17) is 18.9 Å². The molecule has 1 N–H and O–H groups in total. The predicted octanol–water partition coefficient (Wildman–Crippen LogP) is 5.65. The Balaban J connectivity index is 1.57. The van der Waals surface area contributed by atoms with Gasteiger partial charge in [-0.3, -0.25) is 4.79 Å². The number of hydrogen-bond donors (Lipinski definition) is 1. The number of nitrogens with one attached hydrogen (secondary N) is 1. The van der Waals surface area contributed by atoms with Gasteiger partial charge in [-0.25, -0.2) is 10.2 Å². The van der Waals surface area contributed by atoms with Gasteiger partial charge in [-0.15, -0.1) is 0 Å². The molecule has 0 heterocycles. The van der Waals surface area contributed by atoms with Gasteiger partial charge in [-0.1, -0.05) is 20.3 Å². The fraction of sp³-hybridized carbons (Fsp3) is 0.276. The molecule has 0 unspecified atom stereocenters.